The number of hydrogen-bond acceptors (Lipinski definition) is 6. The minimum atomic E-state index is -0.562. The van der Waals surface area contributed by atoms with E-state index in [2.05, 4.69) is 0 Å². The van der Waals surface area contributed by atoms with Gasteiger partial charge >= 0.3 is 0 Å². The number of carbonyl (C=O) groups is 4. The van der Waals surface area contributed by atoms with Crippen LogP contribution in [0.15, 0.2) is 72.8 Å². The largest absolute Gasteiger partial charge is 0.495 e. The Bertz CT molecular complexity index is 1460. The summed E-state index contributed by atoms with van der Waals surface area (Å²) in [6.45, 7) is 0. The molecule has 0 atom stereocenters. The fourth-order valence-corrected chi connectivity index (χ4v) is 4.94. The molecule has 0 unspecified atom stereocenters. The molecule has 0 saturated carbocycles. The molecule has 0 bridgehead atoms. The molecule has 0 N–H and O–H groups in total. The Hall–Kier alpha value is -4.98. The first-order valence-corrected chi connectivity index (χ1v) is 11.1. The number of anilines is 2. The number of amides is 4. The van der Waals surface area contributed by atoms with Crippen molar-refractivity contribution in [1.82, 2.24) is 0 Å². The lowest BCUT2D eigenvalue weighted by Gasteiger charge is -2.32. The average molecular weight is 478 g/mol. The number of carbonyl (C=O) groups excluding carboxylic acids is 4. The first-order valence-electron chi connectivity index (χ1n) is 11.1. The van der Waals surface area contributed by atoms with Crippen LogP contribution in [0.25, 0.3) is 10.8 Å². The summed E-state index contributed by atoms with van der Waals surface area (Å²) in [4.78, 5) is 56.5. The fraction of sp³-hybridized carbons (Fsp3) is 0.0714. The van der Waals surface area contributed by atoms with E-state index in [4.69, 9.17) is 9.47 Å². The Balaban J connectivity index is 1.57. The molecule has 36 heavy (non-hydrogen) atoms. The van der Waals surface area contributed by atoms with Crippen molar-refractivity contribution in [2.24, 2.45) is 0 Å². The van der Waals surface area contributed by atoms with E-state index in [1.54, 1.807) is 48.5 Å². The standard InChI is InChI=1S/C28H18N2O6/c1-35-21-9-5-3-7-19(21)29-25(31)15-11-13-17-24-18(14-12-16(23(15)24)26(29)32)28(34)30(27(17)33)20-8-4-6-10-22(20)36-2/h3-14H,1-2H3. The van der Waals surface area contributed by atoms with Crippen molar-refractivity contribution in [3.05, 3.63) is 95.1 Å². The van der Waals surface area contributed by atoms with Crippen molar-refractivity contribution in [1.29, 1.82) is 0 Å². The number of rotatable bonds is 4. The molecule has 0 spiro atoms. The molecule has 0 fully saturated rings. The summed E-state index contributed by atoms with van der Waals surface area (Å²) in [5.41, 5.74) is 1.52. The maximum Gasteiger partial charge on any atom is 0.266 e. The number of imide groups is 2. The van der Waals surface area contributed by atoms with E-state index in [1.165, 1.54) is 38.5 Å². The predicted octanol–water partition coefficient (Wildman–Crippen LogP) is 4.46. The minimum absolute atomic E-state index is 0.224. The van der Waals surface area contributed by atoms with Crippen LogP contribution in [-0.2, 0) is 0 Å². The van der Waals surface area contributed by atoms with Gasteiger partial charge in [-0.05, 0) is 48.5 Å². The summed E-state index contributed by atoms with van der Waals surface area (Å²) in [6, 6.07) is 19.6. The molecule has 2 aliphatic rings. The molecular formula is C28H18N2O6. The third kappa shape index (κ3) is 2.75. The lowest BCUT2D eigenvalue weighted by Crippen LogP contribution is -2.43. The highest BCUT2D eigenvalue weighted by Crippen LogP contribution is 2.42. The van der Waals surface area contributed by atoms with E-state index in [1.807, 2.05) is 0 Å². The van der Waals surface area contributed by atoms with Gasteiger partial charge in [0, 0.05) is 33.0 Å². The number of methoxy groups -OCH3 is 2. The number of ether oxygens (including phenoxy) is 2. The van der Waals surface area contributed by atoms with Crippen molar-refractivity contribution in [3.8, 4) is 11.5 Å². The second-order valence-corrected chi connectivity index (χ2v) is 8.31. The number of para-hydroxylation sites is 4. The van der Waals surface area contributed by atoms with Crippen LogP contribution in [-0.4, -0.2) is 37.8 Å². The monoisotopic (exact) mass is 478 g/mol. The number of benzene rings is 4. The maximum absolute atomic E-state index is 13.6. The molecule has 0 saturated heterocycles. The van der Waals surface area contributed by atoms with Crippen molar-refractivity contribution < 1.29 is 28.7 Å². The maximum atomic E-state index is 13.6. The van der Waals surface area contributed by atoms with Crippen LogP contribution in [0.4, 0.5) is 11.4 Å². The summed E-state index contributed by atoms with van der Waals surface area (Å²) in [5.74, 6) is -1.52. The fourth-order valence-electron chi connectivity index (χ4n) is 4.94. The quantitative estimate of drug-likeness (QED) is 0.402. The van der Waals surface area contributed by atoms with Crippen LogP contribution in [0.5, 0.6) is 11.5 Å². The van der Waals surface area contributed by atoms with Crippen LogP contribution in [0, 0.1) is 0 Å². The van der Waals surface area contributed by atoms with E-state index in [0.717, 1.165) is 9.80 Å². The highest BCUT2D eigenvalue weighted by molar-refractivity contribution is 6.42. The van der Waals surface area contributed by atoms with Gasteiger partial charge in [-0.15, -0.1) is 0 Å². The van der Waals surface area contributed by atoms with Crippen molar-refractivity contribution in [3.63, 3.8) is 0 Å². The minimum Gasteiger partial charge on any atom is -0.495 e. The van der Waals surface area contributed by atoms with E-state index in [-0.39, 0.29) is 22.3 Å². The van der Waals surface area contributed by atoms with Crippen LogP contribution < -0.4 is 19.3 Å². The summed E-state index contributed by atoms with van der Waals surface area (Å²) in [5, 5.41) is 0.597. The molecule has 176 valence electrons. The van der Waals surface area contributed by atoms with Gasteiger partial charge in [-0.25, -0.2) is 9.80 Å². The zero-order valence-corrected chi connectivity index (χ0v) is 19.3. The summed E-state index contributed by atoms with van der Waals surface area (Å²) in [6.07, 6.45) is 0. The van der Waals surface area contributed by atoms with Crippen molar-refractivity contribution in [2.75, 3.05) is 24.0 Å². The topological polar surface area (TPSA) is 93.2 Å². The smallest absolute Gasteiger partial charge is 0.266 e. The SMILES string of the molecule is COc1ccccc1N1C(=O)c2ccc3c4c(ccc(c24)C1=O)C(=O)N(c1ccccc1OC)C3=O. The van der Waals surface area contributed by atoms with Gasteiger partial charge in [0.2, 0.25) is 0 Å². The first kappa shape index (κ1) is 21.5. The predicted molar refractivity (Wildman–Crippen MR) is 132 cm³/mol. The Morgan fingerprint density at radius 1 is 0.472 bits per heavy atom. The van der Waals surface area contributed by atoms with Gasteiger partial charge in [0.25, 0.3) is 23.6 Å². The van der Waals surface area contributed by atoms with Gasteiger partial charge in [-0.1, -0.05) is 24.3 Å². The third-order valence-electron chi connectivity index (χ3n) is 6.55. The highest BCUT2D eigenvalue weighted by atomic mass is 16.5. The molecule has 0 aliphatic carbocycles. The second-order valence-electron chi connectivity index (χ2n) is 8.31. The van der Waals surface area contributed by atoms with Gasteiger partial charge in [-0.3, -0.25) is 19.2 Å². The second kappa shape index (κ2) is 7.78. The van der Waals surface area contributed by atoms with Gasteiger partial charge in [0.05, 0.1) is 25.6 Å². The summed E-state index contributed by atoms with van der Waals surface area (Å²) >= 11 is 0. The molecule has 0 radical (unpaired) electrons. The van der Waals surface area contributed by atoms with Crippen LogP contribution >= 0.6 is 0 Å². The molecular weight excluding hydrogens is 460 g/mol. The van der Waals surface area contributed by atoms with E-state index < -0.39 is 23.6 Å². The van der Waals surface area contributed by atoms with Crippen LogP contribution in [0.3, 0.4) is 0 Å². The average Bonchev–Trinajstić information content (AvgIpc) is 2.91. The molecule has 8 nitrogen and oxygen atoms in total. The van der Waals surface area contributed by atoms with Crippen LogP contribution in [0.1, 0.15) is 41.4 Å². The first-order chi connectivity index (χ1) is 17.5. The Kier molecular flexibility index (Phi) is 4.65. The molecule has 4 amide bonds. The molecule has 6 rings (SSSR count). The molecule has 4 aromatic rings. The van der Waals surface area contributed by atoms with Gasteiger partial charge in [-0.2, -0.15) is 0 Å². The Labute approximate surface area is 205 Å². The van der Waals surface area contributed by atoms with E-state index in [0.29, 0.717) is 33.6 Å². The molecule has 8 heteroatoms. The summed E-state index contributed by atoms with van der Waals surface area (Å²) in [7, 11) is 2.92. The zero-order chi connectivity index (χ0) is 25.1. The molecule has 4 aromatic carbocycles. The summed E-state index contributed by atoms with van der Waals surface area (Å²) < 4.78 is 10.7. The molecule has 2 heterocycles. The van der Waals surface area contributed by atoms with Crippen LogP contribution in [0.2, 0.25) is 0 Å². The third-order valence-corrected chi connectivity index (χ3v) is 6.55. The van der Waals surface area contributed by atoms with Crippen molar-refractivity contribution >= 4 is 45.8 Å². The Morgan fingerprint density at radius 2 is 0.778 bits per heavy atom. The van der Waals surface area contributed by atoms with Gasteiger partial charge < -0.3 is 9.47 Å². The molecule has 2 aliphatic heterocycles. The van der Waals surface area contributed by atoms with E-state index >= 15 is 0 Å². The normalized spacial score (nSPS) is 14.5. The van der Waals surface area contributed by atoms with E-state index in [9.17, 15) is 19.2 Å². The number of hydrogen-bond donors (Lipinski definition) is 0. The Morgan fingerprint density at radius 3 is 1.08 bits per heavy atom. The molecule has 0 aromatic heterocycles. The highest BCUT2D eigenvalue weighted by Gasteiger charge is 2.41. The lowest BCUT2D eigenvalue weighted by molar-refractivity contribution is 0.0872. The van der Waals surface area contributed by atoms with Gasteiger partial charge in [0.15, 0.2) is 0 Å². The zero-order valence-electron chi connectivity index (χ0n) is 19.3. The van der Waals surface area contributed by atoms with Gasteiger partial charge in [0.1, 0.15) is 11.5 Å². The number of nitrogens with zero attached hydrogens (tertiary/aromatic N) is 2. The van der Waals surface area contributed by atoms with Crippen molar-refractivity contribution in [2.45, 2.75) is 0 Å². The lowest BCUT2D eigenvalue weighted by atomic mass is 9.85.